The van der Waals surface area contributed by atoms with Crippen molar-refractivity contribution in [2.45, 2.75) is 0 Å². The van der Waals surface area contributed by atoms with Crippen LogP contribution >= 0.6 is 0 Å². The minimum absolute atomic E-state index is 0. The number of carbonyl (C=O) groups excluding carboxylic acids is 1. The summed E-state index contributed by atoms with van der Waals surface area (Å²) in [5, 5.41) is 28.6. The third-order valence-electron chi connectivity index (χ3n) is 3.88. The van der Waals surface area contributed by atoms with Crippen LogP contribution in [0.25, 0.3) is 22.8 Å². The summed E-state index contributed by atoms with van der Waals surface area (Å²) in [5.41, 5.74) is 3.66. The van der Waals surface area contributed by atoms with Crippen molar-refractivity contribution in [2.75, 3.05) is 7.11 Å². The molecule has 0 aliphatic heterocycles. The average Bonchev–Trinajstić information content (AvgIpc) is 3.02. The molecule has 0 saturated heterocycles. The Morgan fingerprint density at radius 2 is 0.900 bits per heavy atom. The summed E-state index contributed by atoms with van der Waals surface area (Å²) in [7, 11) is 1.13. The van der Waals surface area contributed by atoms with E-state index in [0.29, 0.717) is 0 Å². The molecule has 0 unspecified atom stereocenters. The second kappa shape index (κ2) is 28.0. The summed E-state index contributed by atoms with van der Waals surface area (Å²) >= 11 is 0. The molecule has 0 aliphatic rings. The van der Waals surface area contributed by atoms with E-state index < -0.39 is 11.9 Å². The van der Waals surface area contributed by atoms with Gasteiger partial charge in [0.25, 0.3) is 0 Å². The Morgan fingerprint density at radius 1 is 0.650 bits per heavy atom. The van der Waals surface area contributed by atoms with E-state index in [9.17, 15) is 4.79 Å². The second-order valence-electron chi connectivity index (χ2n) is 6.07. The van der Waals surface area contributed by atoms with Gasteiger partial charge in [0.1, 0.15) is 0 Å². The number of carbonyl (C=O) groups is 1. The van der Waals surface area contributed by atoms with Crippen LogP contribution in [0.2, 0.25) is 0 Å². The molecule has 205 valence electrons. The molecule has 0 amide bonds. The van der Waals surface area contributed by atoms with Gasteiger partial charge in [0.2, 0.25) is 5.92 Å². The number of hydrogen-bond donors (Lipinski definition) is 0. The maximum atomic E-state index is 10.3. The molecule has 4 heterocycles. The van der Waals surface area contributed by atoms with E-state index in [1.54, 1.807) is 24.8 Å². The van der Waals surface area contributed by atoms with Crippen LogP contribution in [0.1, 0.15) is 0 Å². The second-order valence-corrected chi connectivity index (χ2v) is 6.07. The van der Waals surface area contributed by atoms with E-state index in [4.69, 9.17) is 34.2 Å². The molecule has 0 bridgehead atoms. The summed E-state index contributed by atoms with van der Waals surface area (Å²) in [6.07, 6.45) is 7.07. The van der Waals surface area contributed by atoms with Crippen molar-refractivity contribution in [1.82, 2.24) is 19.9 Å². The van der Waals surface area contributed by atoms with Crippen LogP contribution in [0, 0.1) is 52.2 Å². The first-order valence-electron chi connectivity index (χ1n) is 10.2. The maximum absolute atomic E-state index is 10.3. The molecule has 4 rings (SSSR count). The molecule has 0 aromatic carbocycles. The third-order valence-corrected chi connectivity index (χ3v) is 3.88. The first kappa shape index (κ1) is 41.6. The van der Waals surface area contributed by atoms with Crippen molar-refractivity contribution < 1.29 is 37.3 Å². The van der Waals surface area contributed by atoms with Crippen LogP contribution in [-0.2, 0) is 26.3 Å². The topological polar surface area (TPSA) is 236 Å². The van der Waals surface area contributed by atoms with Crippen molar-refractivity contribution in [2.24, 2.45) is 5.92 Å². The molecule has 12 nitrogen and oxygen atoms in total. The monoisotopic (exact) mass is 583 g/mol. The molecule has 0 atom stereocenters. The molecular formula is C27H24CoN8O4. The van der Waals surface area contributed by atoms with Crippen LogP contribution in [0.5, 0.6) is 0 Å². The third kappa shape index (κ3) is 16.2. The van der Waals surface area contributed by atoms with Gasteiger partial charge in [-0.2, -0.15) is 10.5 Å². The fourth-order valence-corrected chi connectivity index (χ4v) is 2.31. The Balaban J connectivity index is -0.000000223. The van der Waals surface area contributed by atoms with E-state index in [1.165, 1.54) is 12.1 Å². The standard InChI is InChI=1S/2C10H8N2.C5H4N2O2.2CN.Co.2H2O/c2*1-3-7-11-9(5-1)10-6-2-4-8-12-10;1-9-5(8)4(2-6)3-7;2*1-2;;;/h2*1-8H;4H,1H3;;;;2*1H2/q;;;2*-1;+2;;. The smallest absolute Gasteiger partial charge is 0.512 e. The number of nitriles is 2. The van der Waals surface area contributed by atoms with Crippen molar-refractivity contribution in [3.63, 3.8) is 0 Å². The van der Waals surface area contributed by atoms with Crippen molar-refractivity contribution >= 4 is 5.97 Å². The quantitative estimate of drug-likeness (QED) is 0.252. The molecule has 4 aromatic heterocycles. The Hall–Kier alpha value is -5.54. The molecular weight excluding hydrogens is 559 g/mol. The molecule has 4 aromatic rings. The molecule has 0 spiro atoms. The number of nitrogens with zero attached hydrogens (tertiary/aromatic N) is 8. The fourth-order valence-electron chi connectivity index (χ4n) is 2.31. The zero-order chi connectivity index (χ0) is 27.7. The van der Waals surface area contributed by atoms with Gasteiger partial charge in [0, 0.05) is 24.8 Å². The Morgan fingerprint density at radius 3 is 1.02 bits per heavy atom. The van der Waals surface area contributed by atoms with E-state index in [1.807, 2.05) is 72.8 Å². The van der Waals surface area contributed by atoms with E-state index >= 15 is 0 Å². The molecule has 4 N–H and O–H groups in total. The summed E-state index contributed by atoms with van der Waals surface area (Å²) in [5.74, 6) is -2.09. The number of pyridine rings is 4. The molecule has 0 fully saturated rings. The van der Waals surface area contributed by atoms with Crippen LogP contribution in [0.3, 0.4) is 0 Å². The molecule has 1 radical (unpaired) electrons. The summed E-state index contributed by atoms with van der Waals surface area (Å²) < 4.78 is 4.11. The van der Waals surface area contributed by atoms with Crippen molar-refractivity contribution in [3.8, 4) is 34.9 Å². The van der Waals surface area contributed by atoms with Crippen LogP contribution in [0.4, 0.5) is 0 Å². The Bertz CT molecular complexity index is 1110. The van der Waals surface area contributed by atoms with Gasteiger partial charge >= 0.3 is 22.7 Å². The summed E-state index contributed by atoms with van der Waals surface area (Å²) in [6, 6.07) is 26.1. The molecule has 13 heteroatoms. The van der Waals surface area contributed by atoms with Crippen LogP contribution in [0.15, 0.2) is 97.6 Å². The van der Waals surface area contributed by atoms with E-state index in [0.717, 1.165) is 29.9 Å². The van der Waals surface area contributed by atoms with E-state index in [2.05, 4.69) is 24.7 Å². The first-order valence-corrected chi connectivity index (χ1v) is 10.2. The normalized spacial score (nSPS) is 7.60. The Kier molecular flexibility index (Phi) is 29.1. The molecule has 0 aliphatic carbocycles. The fraction of sp³-hybridized carbons (Fsp3) is 0.0741. The van der Waals surface area contributed by atoms with Gasteiger partial charge in [-0.1, -0.05) is 24.3 Å². The van der Waals surface area contributed by atoms with Crippen molar-refractivity contribution in [3.05, 3.63) is 111 Å². The van der Waals surface area contributed by atoms with Crippen LogP contribution < -0.4 is 0 Å². The van der Waals surface area contributed by atoms with Gasteiger partial charge in [-0.3, -0.25) is 19.9 Å². The number of ether oxygens (including phenoxy) is 1. The zero-order valence-electron chi connectivity index (χ0n) is 21.0. The SMILES string of the molecule is COC(=O)C(C#N)C#N.O.O.[C-]#N.[C-]#N.[Co+2].c1ccc(-c2ccccn2)nc1.c1ccc(-c2ccccn2)nc1. The van der Waals surface area contributed by atoms with Gasteiger partial charge in [0.05, 0.1) is 42.0 Å². The molecule has 40 heavy (non-hydrogen) atoms. The van der Waals surface area contributed by atoms with Gasteiger partial charge in [-0.25, -0.2) is 4.79 Å². The van der Waals surface area contributed by atoms with E-state index in [-0.39, 0.29) is 27.7 Å². The predicted molar refractivity (Wildman–Crippen MR) is 139 cm³/mol. The van der Waals surface area contributed by atoms with Gasteiger partial charge in [0.15, 0.2) is 0 Å². The minimum atomic E-state index is -1.28. The van der Waals surface area contributed by atoms with Gasteiger partial charge in [-0.15, -0.1) is 0 Å². The number of methoxy groups -OCH3 is 1. The van der Waals surface area contributed by atoms with Crippen LogP contribution in [-0.4, -0.2) is 44.0 Å². The van der Waals surface area contributed by atoms with Gasteiger partial charge < -0.3 is 39.4 Å². The predicted octanol–water partition coefficient (Wildman–Crippen LogP) is 2.65. The molecule has 0 saturated carbocycles. The Labute approximate surface area is 242 Å². The zero-order valence-corrected chi connectivity index (χ0v) is 22.1. The van der Waals surface area contributed by atoms with Crippen molar-refractivity contribution in [1.29, 1.82) is 21.0 Å². The van der Waals surface area contributed by atoms with Gasteiger partial charge in [-0.05, 0) is 48.5 Å². The maximum Gasteiger partial charge on any atom is 2.00 e. The number of hydrogen-bond acceptors (Lipinski definition) is 10. The average molecular weight is 583 g/mol. The number of aromatic nitrogens is 4. The number of esters is 1. The summed E-state index contributed by atoms with van der Waals surface area (Å²) in [6.45, 7) is 9.50. The number of rotatable bonds is 3. The largest absolute Gasteiger partial charge is 2.00 e. The first-order chi connectivity index (χ1) is 18.2. The summed E-state index contributed by atoms with van der Waals surface area (Å²) in [4.78, 5) is 27.1. The minimum Gasteiger partial charge on any atom is -0.512 e.